The number of nitrogens with one attached hydrogen (secondary N) is 1. The third-order valence-electron chi connectivity index (χ3n) is 3.10. The van der Waals surface area contributed by atoms with E-state index < -0.39 is 0 Å². The lowest BCUT2D eigenvalue weighted by Crippen LogP contribution is -2.22. The van der Waals surface area contributed by atoms with Gasteiger partial charge in [0.1, 0.15) is 12.4 Å². The highest BCUT2D eigenvalue weighted by molar-refractivity contribution is 6.42. The molecule has 0 fully saturated rings. The molecule has 0 unspecified atom stereocenters. The Labute approximate surface area is 136 Å². The maximum absolute atomic E-state index is 5.99. The average molecular weight is 324 g/mol. The lowest BCUT2D eigenvalue weighted by molar-refractivity contribution is 0.304. The molecule has 0 bridgehead atoms. The minimum Gasteiger partial charge on any atom is -0.489 e. The number of hydrogen-bond donors (Lipinski definition) is 1. The Hall–Kier alpha value is -1.22. The van der Waals surface area contributed by atoms with E-state index in [0.717, 1.165) is 17.9 Å². The fraction of sp³-hybridized carbons (Fsp3) is 0.294. The zero-order chi connectivity index (χ0) is 15.2. The molecule has 0 amide bonds. The van der Waals surface area contributed by atoms with Crippen molar-refractivity contribution in [3.63, 3.8) is 0 Å². The summed E-state index contributed by atoms with van der Waals surface area (Å²) in [5, 5.41) is 4.46. The van der Waals surface area contributed by atoms with E-state index >= 15 is 0 Å². The first kappa shape index (κ1) is 16.2. The van der Waals surface area contributed by atoms with E-state index in [0.29, 0.717) is 22.7 Å². The van der Waals surface area contributed by atoms with Gasteiger partial charge in [-0.05, 0) is 23.3 Å². The maximum atomic E-state index is 5.99. The smallest absolute Gasteiger partial charge is 0.121 e. The van der Waals surface area contributed by atoms with Crippen molar-refractivity contribution in [1.82, 2.24) is 5.32 Å². The molecule has 0 aliphatic carbocycles. The Morgan fingerprint density at radius 3 is 2.38 bits per heavy atom. The van der Waals surface area contributed by atoms with Gasteiger partial charge in [-0.3, -0.25) is 0 Å². The van der Waals surface area contributed by atoms with Crippen LogP contribution in [0.5, 0.6) is 5.75 Å². The van der Waals surface area contributed by atoms with E-state index in [9.17, 15) is 0 Å². The number of rotatable bonds is 6. The quantitative estimate of drug-likeness (QED) is 0.801. The molecule has 21 heavy (non-hydrogen) atoms. The number of halogens is 2. The van der Waals surface area contributed by atoms with Gasteiger partial charge in [-0.15, -0.1) is 0 Å². The van der Waals surface area contributed by atoms with Gasteiger partial charge in [-0.1, -0.05) is 61.3 Å². The molecule has 0 spiro atoms. The molecular formula is C17H19Cl2NO. The summed E-state index contributed by atoms with van der Waals surface area (Å²) in [6, 6.07) is 14.0. The fourth-order valence-electron chi connectivity index (χ4n) is 1.91. The van der Waals surface area contributed by atoms with Crippen molar-refractivity contribution in [1.29, 1.82) is 0 Å². The van der Waals surface area contributed by atoms with Crippen molar-refractivity contribution in [2.24, 2.45) is 0 Å². The van der Waals surface area contributed by atoms with Crippen molar-refractivity contribution in [2.45, 2.75) is 33.0 Å². The molecule has 0 aromatic heterocycles. The van der Waals surface area contributed by atoms with Gasteiger partial charge in [0.15, 0.2) is 0 Å². The van der Waals surface area contributed by atoms with Crippen LogP contribution in [-0.4, -0.2) is 6.04 Å². The van der Waals surface area contributed by atoms with Gasteiger partial charge >= 0.3 is 0 Å². The predicted octanol–water partition coefficient (Wildman–Crippen LogP) is 5.07. The second kappa shape index (κ2) is 7.69. The molecule has 112 valence electrons. The lowest BCUT2D eigenvalue weighted by atomic mass is 10.1. The largest absolute Gasteiger partial charge is 0.489 e. The van der Waals surface area contributed by atoms with E-state index in [-0.39, 0.29) is 0 Å². The SMILES string of the molecule is CC(C)NCc1ccccc1COc1ccc(Cl)c(Cl)c1. The van der Waals surface area contributed by atoms with Crippen LogP contribution in [0.2, 0.25) is 10.0 Å². The summed E-state index contributed by atoms with van der Waals surface area (Å²) in [4.78, 5) is 0. The van der Waals surface area contributed by atoms with E-state index in [4.69, 9.17) is 27.9 Å². The van der Waals surface area contributed by atoms with E-state index in [1.165, 1.54) is 5.56 Å². The van der Waals surface area contributed by atoms with Crippen molar-refractivity contribution in [3.05, 3.63) is 63.6 Å². The van der Waals surface area contributed by atoms with Crippen molar-refractivity contribution >= 4 is 23.2 Å². The second-order valence-corrected chi connectivity index (χ2v) is 5.98. The molecule has 4 heteroatoms. The summed E-state index contributed by atoms with van der Waals surface area (Å²) in [6.07, 6.45) is 0. The number of ether oxygens (including phenoxy) is 1. The molecule has 0 heterocycles. The van der Waals surface area contributed by atoms with Crippen molar-refractivity contribution < 1.29 is 4.74 Å². The monoisotopic (exact) mass is 323 g/mol. The Kier molecular flexibility index (Phi) is 5.92. The number of benzene rings is 2. The maximum Gasteiger partial charge on any atom is 0.121 e. The molecule has 0 atom stereocenters. The fourth-order valence-corrected chi connectivity index (χ4v) is 2.20. The van der Waals surface area contributed by atoms with Crippen LogP contribution in [0.4, 0.5) is 0 Å². The van der Waals surface area contributed by atoms with Gasteiger partial charge in [-0.2, -0.15) is 0 Å². The number of hydrogen-bond acceptors (Lipinski definition) is 2. The first-order valence-corrected chi connectivity index (χ1v) is 7.70. The van der Waals surface area contributed by atoms with Crippen LogP contribution >= 0.6 is 23.2 Å². The molecule has 0 saturated carbocycles. The lowest BCUT2D eigenvalue weighted by Gasteiger charge is -2.13. The van der Waals surface area contributed by atoms with Gasteiger partial charge in [0.2, 0.25) is 0 Å². The summed E-state index contributed by atoms with van der Waals surface area (Å²) >= 11 is 11.9. The summed E-state index contributed by atoms with van der Waals surface area (Å²) in [7, 11) is 0. The van der Waals surface area contributed by atoms with Crippen LogP contribution in [0.1, 0.15) is 25.0 Å². The highest BCUT2D eigenvalue weighted by Crippen LogP contribution is 2.27. The van der Waals surface area contributed by atoms with E-state index in [2.05, 4.69) is 31.3 Å². The van der Waals surface area contributed by atoms with Gasteiger partial charge in [0.25, 0.3) is 0 Å². The first-order valence-electron chi connectivity index (χ1n) is 6.94. The highest BCUT2D eigenvalue weighted by Gasteiger charge is 2.05. The van der Waals surface area contributed by atoms with Crippen LogP contribution in [-0.2, 0) is 13.2 Å². The van der Waals surface area contributed by atoms with E-state index in [1.807, 2.05) is 18.2 Å². The third kappa shape index (κ3) is 4.92. The summed E-state index contributed by atoms with van der Waals surface area (Å²) in [5.41, 5.74) is 2.41. The normalized spacial score (nSPS) is 10.9. The zero-order valence-electron chi connectivity index (χ0n) is 12.2. The summed E-state index contributed by atoms with van der Waals surface area (Å²) in [5.74, 6) is 0.719. The van der Waals surface area contributed by atoms with Crippen molar-refractivity contribution in [3.8, 4) is 5.75 Å². The zero-order valence-corrected chi connectivity index (χ0v) is 13.7. The molecule has 2 aromatic rings. The van der Waals surface area contributed by atoms with Gasteiger partial charge in [0, 0.05) is 18.7 Å². The molecule has 0 aliphatic heterocycles. The average Bonchev–Trinajstić information content (AvgIpc) is 2.47. The topological polar surface area (TPSA) is 21.3 Å². The molecule has 2 rings (SSSR count). The second-order valence-electron chi connectivity index (χ2n) is 5.17. The van der Waals surface area contributed by atoms with Crippen LogP contribution in [0.15, 0.2) is 42.5 Å². The van der Waals surface area contributed by atoms with Crippen molar-refractivity contribution in [2.75, 3.05) is 0 Å². The molecule has 2 nitrogen and oxygen atoms in total. The van der Waals surface area contributed by atoms with Crippen LogP contribution in [0.25, 0.3) is 0 Å². The Bertz CT molecular complexity index is 599. The summed E-state index contributed by atoms with van der Waals surface area (Å²) in [6.45, 7) is 5.61. The van der Waals surface area contributed by atoms with Gasteiger partial charge in [0.05, 0.1) is 10.0 Å². The summed E-state index contributed by atoms with van der Waals surface area (Å²) < 4.78 is 5.80. The Morgan fingerprint density at radius 1 is 1.00 bits per heavy atom. The molecule has 1 N–H and O–H groups in total. The standard InChI is InChI=1S/C17H19Cl2NO/c1-12(2)20-10-13-5-3-4-6-14(13)11-21-15-7-8-16(18)17(19)9-15/h3-9,12,20H,10-11H2,1-2H3. The van der Waals surface area contributed by atoms with Gasteiger partial charge < -0.3 is 10.1 Å². The van der Waals surface area contributed by atoms with Gasteiger partial charge in [-0.25, -0.2) is 0 Å². The predicted molar refractivity (Wildman–Crippen MR) is 89.2 cm³/mol. The highest BCUT2D eigenvalue weighted by atomic mass is 35.5. The third-order valence-corrected chi connectivity index (χ3v) is 3.84. The Balaban J connectivity index is 2.03. The van der Waals surface area contributed by atoms with Crippen LogP contribution < -0.4 is 10.1 Å². The minimum atomic E-state index is 0.453. The molecule has 0 aliphatic rings. The molecule has 0 saturated heterocycles. The molecule has 0 radical (unpaired) electrons. The first-order chi connectivity index (χ1) is 10.1. The van der Waals surface area contributed by atoms with E-state index in [1.54, 1.807) is 12.1 Å². The molecular weight excluding hydrogens is 305 g/mol. The van der Waals surface area contributed by atoms with Crippen LogP contribution in [0.3, 0.4) is 0 Å². The molecule has 2 aromatic carbocycles. The Morgan fingerprint density at radius 2 is 1.71 bits per heavy atom. The van der Waals surface area contributed by atoms with Crippen LogP contribution in [0, 0.1) is 0 Å². The minimum absolute atomic E-state index is 0.453.